The average Bonchev–Trinajstić information content (AvgIpc) is 2.98. The molecule has 0 fully saturated rings. The molecule has 0 radical (unpaired) electrons. The first-order valence-electron chi connectivity index (χ1n) is 7.67. The van der Waals surface area contributed by atoms with Gasteiger partial charge in [-0.15, -0.1) is 0 Å². The van der Waals surface area contributed by atoms with Crippen molar-refractivity contribution in [3.63, 3.8) is 0 Å². The molecule has 3 aromatic rings. The Morgan fingerprint density at radius 2 is 2.00 bits per heavy atom. The number of imidazole rings is 1. The minimum atomic E-state index is -0.470. The van der Waals surface area contributed by atoms with Gasteiger partial charge in [0.2, 0.25) is 0 Å². The van der Waals surface area contributed by atoms with Gasteiger partial charge in [0.15, 0.2) is 0 Å². The Balaban J connectivity index is 1.81. The van der Waals surface area contributed by atoms with Crippen LogP contribution in [0.3, 0.4) is 0 Å². The monoisotopic (exact) mass is 309 g/mol. The molecule has 5 heteroatoms. The third-order valence-corrected chi connectivity index (χ3v) is 3.51. The molecule has 0 saturated carbocycles. The van der Waals surface area contributed by atoms with Gasteiger partial charge in [-0.25, -0.2) is 9.78 Å². The van der Waals surface area contributed by atoms with Crippen LogP contribution in [0.1, 0.15) is 12.6 Å². The average molecular weight is 309 g/mol. The molecule has 0 bridgehead atoms. The summed E-state index contributed by atoms with van der Waals surface area (Å²) >= 11 is 0. The van der Waals surface area contributed by atoms with Crippen molar-refractivity contribution in [3.8, 4) is 0 Å². The number of pyridine rings is 1. The van der Waals surface area contributed by atoms with Crippen LogP contribution in [0.15, 0.2) is 60.9 Å². The van der Waals surface area contributed by atoms with Gasteiger partial charge in [0, 0.05) is 24.5 Å². The van der Waals surface area contributed by atoms with Crippen molar-refractivity contribution in [1.29, 1.82) is 0 Å². The molecule has 5 nitrogen and oxygen atoms in total. The highest BCUT2D eigenvalue weighted by molar-refractivity contribution is 5.79. The number of ether oxygens (including phenoxy) is 1. The molecular formula is C18H19N3O2. The maximum atomic E-state index is 12.2. The Labute approximate surface area is 134 Å². The van der Waals surface area contributed by atoms with Crippen LogP contribution < -0.4 is 5.32 Å². The molecule has 1 N–H and O–H groups in total. The summed E-state index contributed by atoms with van der Waals surface area (Å²) in [5, 5.41) is 3.23. The number of rotatable bonds is 6. The van der Waals surface area contributed by atoms with Crippen molar-refractivity contribution in [3.05, 3.63) is 66.6 Å². The van der Waals surface area contributed by atoms with E-state index in [1.54, 1.807) is 0 Å². The normalized spacial score (nSPS) is 12.0. The molecule has 1 aromatic carbocycles. The Kier molecular flexibility index (Phi) is 4.57. The van der Waals surface area contributed by atoms with Gasteiger partial charge >= 0.3 is 5.97 Å². The van der Waals surface area contributed by atoms with E-state index in [4.69, 9.17) is 4.74 Å². The molecule has 23 heavy (non-hydrogen) atoms. The number of fused-ring (bicyclic) bond motifs is 1. The van der Waals surface area contributed by atoms with Crippen molar-refractivity contribution >= 4 is 17.3 Å². The standard InChI is InChI=1S/C18H19N3O2/c1-2-23-18(22)16(19-14-8-4-3-5-9-14)12-15-13-21-11-7-6-10-17(21)20-15/h3-11,13,16,19H,2,12H2,1H3. The van der Waals surface area contributed by atoms with Crippen molar-refractivity contribution < 1.29 is 9.53 Å². The summed E-state index contributed by atoms with van der Waals surface area (Å²) in [6, 6.07) is 15.0. The summed E-state index contributed by atoms with van der Waals surface area (Å²) in [4.78, 5) is 16.8. The zero-order chi connectivity index (χ0) is 16.1. The molecule has 0 aliphatic heterocycles. The smallest absolute Gasteiger partial charge is 0.328 e. The lowest BCUT2D eigenvalue weighted by atomic mass is 10.1. The van der Waals surface area contributed by atoms with Gasteiger partial charge in [-0.05, 0) is 31.2 Å². The molecular weight excluding hydrogens is 290 g/mol. The summed E-state index contributed by atoms with van der Waals surface area (Å²) in [5.41, 5.74) is 2.59. The van der Waals surface area contributed by atoms with Gasteiger partial charge in [0.25, 0.3) is 0 Å². The van der Waals surface area contributed by atoms with Crippen molar-refractivity contribution in [2.24, 2.45) is 0 Å². The summed E-state index contributed by atoms with van der Waals surface area (Å²) in [6.45, 7) is 2.17. The Hall–Kier alpha value is -2.82. The molecule has 2 heterocycles. The predicted molar refractivity (Wildman–Crippen MR) is 89.4 cm³/mol. The number of hydrogen-bond donors (Lipinski definition) is 1. The van der Waals surface area contributed by atoms with Crippen LogP contribution in [0.2, 0.25) is 0 Å². The van der Waals surface area contributed by atoms with E-state index in [-0.39, 0.29) is 5.97 Å². The van der Waals surface area contributed by atoms with E-state index >= 15 is 0 Å². The third-order valence-electron chi connectivity index (χ3n) is 3.51. The number of hydrogen-bond acceptors (Lipinski definition) is 4. The highest BCUT2D eigenvalue weighted by Crippen LogP contribution is 2.13. The minimum Gasteiger partial charge on any atom is -0.464 e. The molecule has 118 valence electrons. The molecule has 2 aromatic heterocycles. The lowest BCUT2D eigenvalue weighted by molar-refractivity contribution is -0.144. The van der Waals surface area contributed by atoms with Crippen LogP contribution in [0, 0.1) is 0 Å². The quantitative estimate of drug-likeness (QED) is 0.711. The second kappa shape index (κ2) is 6.96. The summed E-state index contributed by atoms with van der Waals surface area (Å²) in [6.07, 6.45) is 4.35. The van der Waals surface area contributed by atoms with Gasteiger partial charge in [-0.3, -0.25) is 0 Å². The molecule has 0 aliphatic carbocycles. The maximum absolute atomic E-state index is 12.2. The van der Waals surface area contributed by atoms with Gasteiger partial charge in [0.1, 0.15) is 11.7 Å². The van der Waals surface area contributed by atoms with E-state index in [9.17, 15) is 4.79 Å². The number of benzene rings is 1. The van der Waals surface area contributed by atoms with Crippen LogP contribution in [0.25, 0.3) is 5.65 Å². The molecule has 0 spiro atoms. The van der Waals surface area contributed by atoms with Crippen LogP contribution in [-0.2, 0) is 16.0 Å². The zero-order valence-electron chi connectivity index (χ0n) is 13.0. The SMILES string of the molecule is CCOC(=O)C(Cc1cn2ccccc2n1)Nc1ccccc1. The highest BCUT2D eigenvalue weighted by Gasteiger charge is 2.21. The number of anilines is 1. The number of esters is 1. The Bertz CT molecular complexity index is 750. The minimum absolute atomic E-state index is 0.270. The first-order valence-corrected chi connectivity index (χ1v) is 7.67. The first kappa shape index (κ1) is 15.1. The Morgan fingerprint density at radius 1 is 1.22 bits per heavy atom. The fourth-order valence-corrected chi connectivity index (χ4v) is 2.47. The summed E-state index contributed by atoms with van der Waals surface area (Å²) < 4.78 is 7.13. The first-order chi connectivity index (χ1) is 11.3. The van der Waals surface area contributed by atoms with E-state index in [1.807, 2.05) is 72.2 Å². The summed E-state index contributed by atoms with van der Waals surface area (Å²) in [7, 11) is 0. The predicted octanol–water partition coefficient (Wildman–Crippen LogP) is 2.92. The van der Waals surface area contributed by atoms with E-state index < -0.39 is 6.04 Å². The van der Waals surface area contributed by atoms with Crippen molar-refractivity contribution in [2.75, 3.05) is 11.9 Å². The van der Waals surface area contributed by atoms with E-state index in [0.29, 0.717) is 13.0 Å². The molecule has 1 unspecified atom stereocenters. The van der Waals surface area contributed by atoms with E-state index in [2.05, 4.69) is 10.3 Å². The van der Waals surface area contributed by atoms with Gasteiger partial charge < -0.3 is 14.5 Å². The second-order valence-corrected chi connectivity index (χ2v) is 5.22. The third kappa shape index (κ3) is 3.69. The summed E-state index contributed by atoms with van der Waals surface area (Å²) in [5.74, 6) is -0.270. The van der Waals surface area contributed by atoms with Gasteiger partial charge in [-0.1, -0.05) is 24.3 Å². The maximum Gasteiger partial charge on any atom is 0.328 e. The fraction of sp³-hybridized carbons (Fsp3) is 0.222. The van der Waals surface area contributed by atoms with E-state index in [1.165, 1.54) is 0 Å². The highest BCUT2D eigenvalue weighted by atomic mass is 16.5. The lowest BCUT2D eigenvalue weighted by Crippen LogP contribution is -2.33. The van der Waals surface area contributed by atoms with Crippen LogP contribution in [-0.4, -0.2) is 28.0 Å². The van der Waals surface area contributed by atoms with E-state index in [0.717, 1.165) is 17.0 Å². The molecule has 0 saturated heterocycles. The number of para-hydroxylation sites is 1. The molecule has 1 atom stereocenters. The molecule has 0 amide bonds. The number of aromatic nitrogens is 2. The van der Waals surface area contributed by atoms with Crippen molar-refractivity contribution in [2.45, 2.75) is 19.4 Å². The lowest BCUT2D eigenvalue weighted by Gasteiger charge is -2.17. The number of nitrogens with one attached hydrogen (secondary N) is 1. The van der Waals surface area contributed by atoms with Gasteiger partial charge in [0.05, 0.1) is 12.3 Å². The Morgan fingerprint density at radius 3 is 2.74 bits per heavy atom. The number of carbonyl (C=O) groups is 1. The van der Waals surface area contributed by atoms with Crippen LogP contribution in [0.4, 0.5) is 5.69 Å². The fourth-order valence-electron chi connectivity index (χ4n) is 2.47. The molecule has 0 aliphatic rings. The zero-order valence-corrected chi connectivity index (χ0v) is 13.0. The molecule has 3 rings (SSSR count). The topological polar surface area (TPSA) is 55.6 Å². The number of carbonyl (C=O) groups excluding carboxylic acids is 1. The van der Waals surface area contributed by atoms with Crippen LogP contribution in [0.5, 0.6) is 0 Å². The second-order valence-electron chi connectivity index (χ2n) is 5.22. The number of nitrogens with zero attached hydrogens (tertiary/aromatic N) is 2. The largest absolute Gasteiger partial charge is 0.464 e. The van der Waals surface area contributed by atoms with Crippen LogP contribution >= 0.6 is 0 Å². The van der Waals surface area contributed by atoms with Crippen molar-refractivity contribution in [1.82, 2.24) is 9.38 Å². The van der Waals surface area contributed by atoms with Gasteiger partial charge in [-0.2, -0.15) is 0 Å².